The Bertz CT molecular complexity index is 1430. The molecule has 0 aliphatic heterocycles. The zero-order valence-corrected chi connectivity index (χ0v) is 16.9. The Labute approximate surface area is 180 Å². The van der Waals surface area contributed by atoms with Crippen molar-refractivity contribution in [2.45, 2.75) is 6.54 Å². The minimum absolute atomic E-state index is 0.208. The van der Waals surface area contributed by atoms with Crippen molar-refractivity contribution in [3.63, 3.8) is 0 Å². The average molecular weight is 439 g/mol. The van der Waals surface area contributed by atoms with Crippen LogP contribution in [0, 0.1) is 5.82 Å². The number of nitrogens with zero attached hydrogens (tertiary/aromatic N) is 5. The van der Waals surface area contributed by atoms with Gasteiger partial charge in [-0.25, -0.2) is 24.0 Å². The van der Waals surface area contributed by atoms with E-state index in [9.17, 15) is 4.39 Å². The van der Waals surface area contributed by atoms with E-state index in [-0.39, 0.29) is 18.2 Å². The molecule has 0 spiro atoms. The summed E-state index contributed by atoms with van der Waals surface area (Å²) in [6.07, 6.45) is 1.65. The van der Waals surface area contributed by atoms with Crippen molar-refractivity contribution in [2.24, 2.45) is 0 Å². The summed E-state index contributed by atoms with van der Waals surface area (Å²) < 4.78 is 15.8. The predicted molar refractivity (Wildman–Crippen MR) is 116 cm³/mol. The van der Waals surface area contributed by atoms with Gasteiger partial charge in [-0.05, 0) is 30.3 Å². The second kappa shape index (κ2) is 7.19. The Kier molecular flexibility index (Phi) is 4.49. The zero-order chi connectivity index (χ0) is 20.8. The number of fused-ring (bicyclic) bond motifs is 2. The quantitative estimate of drug-likeness (QED) is 0.422. The fourth-order valence-electron chi connectivity index (χ4n) is 3.36. The summed E-state index contributed by atoms with van der Waals surface area (Å²) >= 11 is 12.4. The molecule has 0 saturated carbocycles. The summed E-state index contributed by atoms with van der Waals surface area (Å²) in [5.41, 5.74) is 8.19. The molecule has 0 radical (unpaired) electrons. The molecule has 30 heavy (non-hydrogen) atoms. The van der Waals surface area contributed by atoms with E-state index in [1.165, 1.54) is 6.07 Å². The molecule has 0 unspecified atom stereocenters. The third kappa shape index (κ3) is 3.12. The maximum atomic E-state index is 14.2. The molecule has 3 aromatic heterocycles. The molecule has 2 N–H and O–H groups in total. The lowest BCUT2D eigenvalue weighted by atomic mass is 10.2. The number of pyridine rings is 1. The van der Waals surface area contributed by atoms with Crippen LogP contribution in [-0.2, 0) is 6.54 Å². The Morgan fingerprint density at radius 3 is 2.67 bits per heavy atom. The second-order valence-corrected chi connectivity index (χ2v) is 7.53. The molecule has 0 amide bonds. The van der Waals surface area contributed by atoms with Crippen LogP contribution in [0.2, 0.25) is 10.0 Å². The largest absolute Gasteiger partial charge is 0.383 e. The topological polar surface area (TPSA) is 82.5 Å². The molecule has 9 heteroatoms. The number of rotatable bonds is 3. The van der Waals surface area contributed by atoms with Crippen molar-refractivity contribution >= 4 is 51.0 Å². The van der Waals surface area contributed by atoms with Crippen molar-refractivity contribution in [1.29, 1.82) is 0 Å². The third-order valence-electron chi connectivity index (χ3n) is 4.74. The summed E-state index contributed by atoms with van der Waals surface area (Å²) in [5.74, 6) is 0.225. The summed E-state index contributed by atoms with van der Waals surface area (Å²) in [5, 5.41) is 6.71. The molecule has 0 aliphatic rings. The van der Waals surface area contributed by atoms with Gasteiger partial charge in [-0.1, -0.05) is 41.4 Å². The molecule has 2 aromatic carbocycles. The summed E-state index contributed by atoms with van der Waals surface area (Å²) in [4.78, 5) is 13.4. The fourth-order valence-corrected chi connectivity index (χ4v) is 3.89. The lowest BCUT2D eigenvalue weighted by Crippen LogP contribution is -2.05. The van der Waals surface area contributed by atoms with Crippen LogP contribution in [0.25, 0.3) is 33.5 Å². The molecule has 0 bridgehead atoms. The number of benzene rings is 2. The first-order chi connectivity index (χ1) is 14.5. The molecule has 0 aliphatic carbocycles. The molecule has 0 atom stereocenters. The molecule has 5 rings (SSSR count). The third-order valence-corrected chi connectivity index (χ3v) is 5.25. The Morgan fingerprint density at radius 1 is 1.00 bits per heavy atom. The van der Waals surface area contributed by atoms with E-state index in [0.29, 0.717) is 43.7 Å². The molecular weight excluding hydrogens is 426 g/mol. The average Bonchev–Trinajstić information content (AvgIpc) is 3.09. The van der Waals surface area contributed by atoms with Gasteiger partial charge in [0.05, 0.1) is 22.5 Å². The maximum absolute atomic E-state index is 14.2. The van der Waals surface area contributed by atoms with Crippen molar-refractivity contribution < 1.29 is 4.39 Å². The van der Waals surface area contributed by atoms with E-state index in [0.717, 1.165) is 5.39 Å². The van der Waals surface area contributed by atoms with Gasteiger partial charge in [0, 0.05) is 22.2 Å². The van der Waals surface area contributed by atoms with Crippen LogP contribution in [0.1, 0.15) is 5.56 Å². The van der Waals surface area contributed by atoms with Crippen LogP contribution < -0.4 is 5.73 Å². The first kappa shape index (κ1) is 18.7. The van der Waals surface area contributed by atoms with Gasteiger partial charge in [0.1, 0.15) is 17.3 Å². The monoisotopic (exact) mass is 438 g/mol. The van der Waals surface area contributed by atoms with Crippen LogP contribution in [0.3, 0.4) is 0 Å². The Morgan fingerprint density at radius 2 is 1.83 bits per heavy atom. The minimum Gasteiger partial charge on any atom is -0.383 e. The lowest BCUT2D eigenvalue weighted by molar-refractivity contribution is 0.589. The molecule has 0 saturated heterocycles. The number of halogens is 3. The first-order valence-electron chi connectivity index (χ1n) is 8.99. The highest BCUT2D eigenvalue weighted by atomic mass is 35.5. The van der Waals surface area contributed by atoms with Crippen molar-refractivity contribution in [1.82, 2.24) is 24.7 Å². The number of nitrogen functional groups attached to an aromatic ring is 1. The molecule has 0 fully saturated rings. The minimum atomic E-state index is -0.312. The molecule has 6 nitrogen and oxygen atoms in total. The van der Waals surface area contributed by atoms with E-state index < -0.39 is 0 Å². The summed E-state index contributed by atoms with van der Waals surface area (Å²) in [6.45, 7) is 0.208. The summed E-state index contributed by atoms with van der Waals surface area (Å²) in [6, 6.07) is 13.4. The lowest BCUT2D eigenvalue weighted by Gasteiger charge is -2.06. The van der Waals surface area contributed by atoms with E-state index in [2.05, 4.69) is 20.1 Å². The molecule has 5 aromatic rings. The van der Waals surface area contributed by atoms with E-state index in [4.69, 9.17) is 28.9 Å². The first-order valence-corrected chi connectivity index (χ1v) is 9.74. The van der Waals surface area contributed by atoms with E-state index in [1.807, 2.05) is 6.07 Å². The number of nitrogens with two attached hydrogens (primary N) is 1. The number of hydrogen-bond acceptors (Lipinski definition) is 5. The van der Waals surface area contributed by atoms with E-state index in [1.54, 1.807) is 47.3 Å². The number of aromatic nitrogens is 5. The Hall–Kier alpha value is -3.29. The van der Waals surface area contributed by atoms with Gasteiger partial charge in [0.15, 0.2) is 11.5 Å². The molecule has 148 valence electrons. The van der Waals surface area contributed by atoms with Crippen molar-refractivity contribution in [2.75, 3.05) is 5.73 Å². The van der Waals surface area contributed by atoms with Crippen molar-refractivity contribution in [3.8, 4) is 11.5 Å². The highest BCUT2D eigenvalue weighted by molar-refractivity contribution is 6.38. The molecule has 3 heterocycles. The smallest absolute Gasteiger partial charge is 0.183 e. The van der Waals surface area contributed by atoms with Crippen LogP contribution in [0.15, 0.2) is 54.7 Å². The summed E-state index contributed by atoms with van der Waals surface area (Å²) in [7, 11) is 0. The fraction of sp³-hybridized carbons (Fsp3) is 0.0476. The van der Waals surface area contributed by atoms with Gasteiger partial charge in [0.25, 0.3) is 0 Å². The van der Waals surface area contributed by atoms with Gasteiger partial charge in [-0.3, -0.25) is 0 Å². The highest BCUT2D eigenvalue weighted by Crippen LogP contribution is 2.33. The highest BCUT2D eigenvalue weighted by Gasteiger charge is 2.19. The Balaban J connectivity index is 1.71. The second-order valence-electron chi connectivity index (χ2n) is 6.69. The van der Waals surface area contributed by atoms with Crippen LogP contribution in [0.4, 0.5) is 10.2 Å². The van der Waals surface area contributed by atoms with Crippen LogP contribution in [-0.4, -0.2) is 24.7 Å². The van der Waals surface area contributed by atoms with Gasteiger partial charge in [-0.15, -0.1) is 0 Å². The molecular formula is C21H13Cl2FN6. The van der Waals surface area contributed by atoms with Crippen LogP contribution >= 0.6 is 23.2 Å². The standard InChI is InChI=1S/C21H13Cl2FN6/c22-12-8-14-17(15(23)9-12)27-20(28-19(14)25)18-13-5-3-7-26-21(13)30(29-18)10-11-4-1-2-6-16(11)24/h1-9H,10H2,(H2,25,27,28). The van der Waals surface area contributed by atoms with Gasteiger partial charge >= 0.3 is 0 Å². The van der Waals surface area contributed by atoms with Gasteiger partial charge in [-0.2, -0.15) is 5.10 Å². The van der Waals surface area contributed by atoms with Gasteiger partial charge in [0.2, 0.25) is 0 Å². The normalized spacial score (nSPS) is 11.4. The van der Waals surface area contributed by atoms with Crippen molar-refractivity contribution in [3.05, 3.63) is 76.2 Å². The number of anilines is 1. The van der Waals surface area contributed by atoms with Gasteiger partial charge < -0.3 is 5.73 Å². The predicted octanol–water partition coefficient (Wildman–Crippen LogP) is 5.12. The SMILES string of the molecule is Nc1nc(-c2nn(Cc3ccccc3F)c3ncccc23)nc2c(Cl)cc(Cl)cc12. The maximum Gasteiger partial charge on any atom is 0.183 e. The van der Waals surface area contributed by atoms with E-state index >= 15 is 0 Å². The number of hydrogen-bond donors (Lipinski definition) is 1. The van der Waals surface area contributed by atoms with Crippen LogP contribution in [0.5, 0.6) is 0 Å². The zero-order valence-electron chi connectivity index (χ0n) is 15.4.